The van der Waals surface area contributed by atoms with Crippen molar-refractivity contribution in [3.8, 4) is 11.5 Å². The maximum Gasteiger partial charge on any atom is 0.307 e. The van der Waals surface area contributed by atoms with Crippen LogP contribution >= 0.6 is 0 Å². The Hall–Kier alpha value is -2.33. The van der Waals surface area contributed by atoms with Crippen LogP contribution in [0.1, 0.15) is 46.5 Å². The van der Waals surface area contributed by atoms with Gasteiger partial charge in [0.05, 0.1) is 11.3 Å². The monoisotopic (exact) mass is 454 g/mol. The van der Waals surface area contributed by atoms with Gasteiger partial charge in [0.15, 0.2) is 17.6 Å². The molecule has 1 N–H and O–H groups in total. The normalized spacial score (nSPS) is 22.0. The molecule has 3 atom stereocenters. The third kappa shape index (κ3) is 5.68. The lowest BCUT2D eigenvalue weighted by atomic mass is 9.97. The van der Waals surface area contributed by atoms with Crippen molar-refractivity contribution in [2.75, 3.05) is 19.8 Å². The summed E-state index contributed by atoms with van der Waals surface area (Å²) in [5.74, 6) is -0.000218. The van der Waals surface area contributed by atoms with Gasteiger partial charge >= 0.3 is 5.97 Å². The van der Waals surface area contributed by atoms with Crippen LogP contribution in [0.15, 0.2) is 23.1 Å². The van der Waals surface area contributed by atoms with Crippen molar-refractivity contribution in [3.63, 3.8) is 0 Å². The van der Waals surface area contributed by atoms with Crippen molar-refractivity contribution < 1.29 is 32.2 Å². The molecule has 3 rings (SSSR count). The minimum atomic E-state index is -3.83. The van der Waals surface area contributed by atoms with E-state index in [1.54, 1.807) is 11.8 Å². The van der Waals surface area contributed by atoms with Crippen LogP contribution in [-0.2, 0) is 24.3 Å². The number of hydrogen-bond acceptors (Lipinski definition) is 7. The molecule has 0 saturated carbocycles. The molecule has 172 valence electrons. The van der Waals surface area contributed by atoms with Crippen LogP contribution in [0.2, 0.25) is 0 Å². The van der Waals surface area contributed by atoms with Crippen molar-refractivity contribution in [3.05, 3.63) is 18.2 Å². The van der Waals surface area contributed by atoms with Gasteiger partial charge in [-0.05, 0) is 52.2 Å². The first-order valence-electron chi connectivity index (χ1n) is 10.6. The minimum Gasteiger partial charge on any atom is -0.486 e. The zero-order valence-corrected chi connectivity index (χ0v) is 18.9. The van der Waals surface area contributed by atoms with E-state index < -0.39 is 22.1 Å². The predicted octanol–water partition coefficient (Wildman–Crippen LogP) is 1.85. The van der Waals surface area contributed by atoms with Gasteiger partial charge in [-0.3, -0.25) is 9.59 Å². The molecule has 1 amide bonds. The van der Waals surface area contributed by atoms with Crippen LogP contribution in [-0.4, -0.2) is 63.1 Å². The molecule has 2 aliphatic heterocycles. The first-order valence-corrected chi connectivity index (χ1v) is 12.1. The lowest BCUT2D eigenvalue weighted by molar-refractivity contribution is -0.162. The fraction of sp³-hybridized carbons (Fsp3) is 0.619. The summed E-state index contributed by atoms with van der Waals surface area (Å²) in [5.41, 5.74) is 0. The summed E-state index contributed by atoms with van der Waals surface area (Å²) in [6.45, 7) is 6.15. The highest BCUT2D eigenvalue weighted by Crippen LogP contribution is 2.32. The summed E-state index contributed by atoms with van der Waals surface area (Å²) in [6, 6.07) is 4.55. The number of amides is 1. The molecule has 0 aromatic heterocycles. The van der Waals surface area contributed by atoms with E-state index in [-0.39, 0.29) is 35.9 Å². The summed E-state index contributed by atoms with van der Waals surface area (Å²) < 4.78 is 43.4. The SMILES string of the molecule is C[C@H](OC(=O)CCNS(=O)(=O)c1ccc2c(c1)OCCO2)C(=O)N1[C@H](C)CCC[C@@H]1C. The second-order valence-electron chi connectivity index (χ2n) is 7.96. The van der Waals surface area contributed by atoms with E-state index in [2.05, 4.69) is 4.72 Å². The number of nitrogens with one attached hydrogen (secondary N) is 1. The number of likely N-dealkylation sites (tertiary alicyclic amines) is 1. The maximum atomic E-state index is 12.7. The van der Waals surface area contributed by atoms with Crippen LogP contribution < -0.4 is 14.2 Å². The Balaban J connectivity index is 1.49. The number of rotatable bonds is 7. The molecule has 0 spiro atoms. The third-order valence-electron chi connectivity index (χ3n) is 5.55. The molecular weight excluding hydrogens is 424 g/mol. The van der Waals surface area contributed by atoms with Crippen molar-refractivity contribution in [1.29, 1.82) is 0 Å². The average molecular weight is 455 g/mol. The molecule has 1 fully saturated rings. The number of nitrogens with zero attached hydrogens (tertiary/aromatic N) is 1. The fourth-order valence-electron chi connectivity index (χ4n) is 3.93. The topological polar surface area (TPSA) is 111 Å². The van der Waals surface area contributed by atoms with Gasteiger partial charge in [-0.15, -0.1) is 0 Å². The molecule has 2 aliphatic rings. The largest absolute Gasteiger partial charge is 0.486 e. The molecule has 0 aliphatic carbocycles. The zero-order chi connectivity index (χ0) is 22.6. The summed E-state index contributed by atoms with van der Waals surface area (Å²) in [7, 11) is -3.83. The van der Waals surface area contributed by atoms with Gasteiger partial charge in [0, 0.05) is 24.7 Å². The zero-order valence-electron chi connectivity index (χ0n) is 18.1. The lowest BCUT2D eigenvalue weighted by Gasteiger charge is -2.40. The molecule has 0 bridgehead atoms. The number of ether oxygens (including phenoxy) is 3. The minimum absolute atomic E-state index is 0.0155. The van der Waals surface area contributed by atoms with Gasteiger partial charge in [0.1, 0.15) is 13.2 Å². The molecular formula is C21H30N2O7S. The van der Waals surface area contributed by atoms with E-state index >= 15 is 0 Å². The summed E-state index contributed by atoms with van der Waals surface area (Å²) in [4.78, 5) is 26.7. The van der Waals surface area contributed by atoms with Crippen molar-refractivity contribution >= 4 is 21.9 Å². The number of benzene rings is 1. The average Bonchev–Trinajstić information content (AvgIpc) is 2.73. The number of piperidine rings is 1. The first kappa shape index (κ1) is 23.3. The van der Waals surface area contributed by atoms with Gasteiger partial charge < -0.3 is 19.1 Å². The number of carbonyl (C=O) groups is 2. The molecule has 1 aromatic rings. The van der Waals surface area contributed by atoms with E-state index in [1.165, 1.54) is 18.2 Å². The van der Waals surface area contributed by atoms with Gasteiger partial charge in [-0.2, -0.15) is 0 Å². The second-order valence-corrected chi connectivity index (χ2v) is 9.73. The smallest absolute Gasteiger partial charge is 0.307 e. The molecule has 31 heavy (non-hydrogen) atoms. The highest BCUT2D eigenvalue weighted by Gasteiger charge is 2.33. The number of fused-ring (bicyclic) bond motifs is 1. The Bertz CT molecular complexity index is 908. The van der Waals surface area contributed by atoms with Crippen molar-refractivity contribution in [2.45, 2.75) is 69.5 Å². The number of carbonyl (C=O) groups excluding carboxylic acids is 2. The van der Waals surface area contributed by atoms with Crippen LogP contribution in [0.3, 0.4) is 0 Å². The molecule has 10 heteroatoms. The summed E-state index contributed by atoms with van der Waals surface area (Å²) in [6.07, 6.45) is 1.83. The van der Waals surface area contributed by atoms with Crippen LogP contribution in [0.4, 0.5) is 0 Å². The number of hydrogen-bond donors (Lipinski definition) is 1. The Morgan fingerprint density at radius 2 is 1.81 bits per heavy atom. The van der Waals surface area contributed by atoms with Crippen LogP contribution in [0.5, 0.6) is 11.5 Å². The van der Waals surface area contributed by atoms with Crippen LogP contribution in [0.25, 0.3) is 0 Å². The molecule has 0 unspecified atom stereocenters. The molecule has 9 nitrogen and oxygen atoms in total. The predicted molar refractivity (Wildman–Crippen MR) is 112 cm³/mol. The van der Waals surface area contributed by atoms with E-state index in [0.717, 1.165) is 19.3 Å². The Labute approximate surface area is 183 Å². The van der Waals surface area contributed by atoms with E-state index in [1.807, 2.05) is 13.8 Å². The van der Waals surface area contributed by atoms with E-state index in [0.29, 0.717) is 24.7 Å². The van der Waals surface area contributed by atoms with Crippen LogP contribution in [0, 0.1) is 0 Å². The highest BCUT2D eigenvalue weighted by atomic mass is 32.2. The van der Waals surface area contributed by atoms with Gasteiger partial charge in [-0.1, -0.05) is 0 Å². The first-order chi connectivity index (χ1) is 14.7. The molecule has 0 radical (unpaired) electrons. The quantitative estimate of drug-likeness (QED) is 0.626. The van der Waals surface area contributed by atoms with Crippen molar-refractivity contribution in [1.82, 2.24) is 9.62 Å². The Morgan fingerprint density at radius 1 is 1.16 bits per heavy atom. The Morgan fingerprint density at radius 3 is 2.48 bits per heavy atom. The second kappa shape index (κ2) is 9.86. The highest BCUT2D eigenvalue weighted by molar-refractivity contribution is 7.89. The maximum absolute atomic E-state index is 12.7. The molecule has 2 heterocycles. The van der Waals surface area contributed by atoms with Gasteiger partial charge in [0.25, 0.3) is 5.91 Å². The fourth-order valence-corrected chi connectivity index (χ4v) is 4.98. The van der Waals surface area contributed by atoms with Gasteiger partial charge in [-0.25, -0.2) is 13.1 Å². The van der Waals surface area contributed by atoms with Crippen molar-refractivity contribution in [2.24, 2.45) is 0 Å². The standard InChI is InChI=1S/C21H30N2O7S/c1-14-5-4-6-15(2)23(14)21(25)16(3)30-20(24)9-10-22-31(26,27)17-7-8-18-19(13-17)29-12-11-28-18/h7-8,13-16,22H,4-6,9-12H2,1-3H3/t14-,15+,16-/m0/s1. The number of esters is 1. The van der Waals surface area contributed by atoms with E-state index in [9.17, 15) is 18.0 Å². The Kier molecular flexibility index (Phi) is 7.42. The van der Waals surface area contributed by atoms with Gasteiger partial charge in [0.2, 0.25) is 10.0 Å². The third-order valence-corrected chi connectivity index (χ3v) is 7.01. The summed E-state index contributed by atoms with van der Waals surface area (Å²) >= 11 is 0. The lowest BCUT2D eigenvalue weighted by Crippen LogP contribution is -2.51. The van der Waals surface area contributed by atoms with E-state index in [4.69, 9.17) is 14.2 Å². The summed E-state index contributed by atoms with van der Waals surface area (Å²) in [5, 5.41) is 0. The molecule has 1 saturated heterocycles. The number of sulfonamides is 1. The molecule has 1 aromatic carbocycles.